The Kier molecular flexibility index (Phi) is 4.87. The van der Waals surface area contributed by atoms with E-state index in [2.05, 4.69) is 11.4 Å². The Bertz CT molecular complexity index is 1210. The quantitative estimate of drug-likeness (QED) is 0.582. The molecule has 0 spiro atoms. The van der Waals surface area contributed by atoms with Gasteiger partial charge < -0.3 is 19.5 Å². The lowest BCUT2D eigenvalue weighted by Gasteiger charge is -2.20. The van der Waals surface area contributed by atoms with Gasteiger partial charge in [0.1, 0.15) is 0 Å². The van der Waals surface area contributed by atoms with Crippen molar-refractivity contribution in [1.82, 2.24) is 0 Å². The monoisotopic (exact) mass is 431 g/mol. The van der Waals surface area contributed by atoms with Crippen molar-refractivity contribution in [3.8, 4) is 17.2 Å². The Hall–Kier alpha value is -3.38. The Labute approximate surface area is 185 Å². The van der Waals surface area contributed by atoms with Crippen LogP contribution in [0.1, 0.15) is 26.7 Å². The van der Waals surface area contributed by atoms with Gasteiger partial charge in [-0.3, -0.25) is 4.79 Å². The fourth-order valence-electron chi connectivity index (χ4n) is 4.17. The van der Waals surface area contributed by atoms with Crippen LogP contribution in [0.2, 0.25) is 0 Å². The summed E-state index contributed by atoms with van der Waals surface area (Å²) in [4.78, 5) is 14.6. The Morgan fingerprint density at radius 2 is 1.48 bits per heavy atom. The van der Waals surface area contributed by atoms with Crippen molar-refractivity contribution >= 4 is 28.9 Å². The van der Waals surface area contributed by atoms with E-state index in [1.54, 1.807) is 33.1 Å². The molecule has 3 aromatic carbocycles. The van der Waals surface area contributed by atoms with Crippen LogP contribution in [0.25, 0.3) is 5.70 Å². The number of hydrogen-bond acceptors (Lipinski definition) is 6. The second kappa shape index (κ2) is 7.71. The van der Waals surface area contributed by atoms with Crippen LogP contribution in [0.5, 0.6) is 17.2 Å². The highest BCUT2D eigenvalue weighted by Crippen LogP contribution is 2.54. The number of Topliss-reactive ketones (excluding diaryl/α,β-unsaturated/α-hetero) is 1. The van der Waals surface area contributed by atoms with Crippen molar-refractivity contribution in [3.05, 3.63) is 82.9 Å². The van der Waals surface area contributed by atoms with Crippen LogP contribution in [0.15, 0.2) is 71.1 Å². The van der Waals surface area contributed by atoms with Crippen LogP contribution >= 0.6 is 11.8 Å². The van der Waals surface area contributed by atoms with Crippen molar-refractivity contribution in [2.24, 2.45) is 0 Å². The van der Waals surface area contributed by atoms with E-state index in [9.17, 15) is 4.79 Å². The molecule has 0 radical (unpaired) electrons. The molecule has 5 rings (SSSR count). The summed E-state index contributed by atoms with van der Waals surface area (Å²) in [6.07, 6.45) is 0. The maximum atomic E-state index is 13.6. The molecule has 6 heteroatoms. The van der Waals surface area contributed by atoms with Gasteiger partial charge in [-0.15, -0.1) is 11.8 Å². The van der Waals surface area contributed by atoms with Crippen molar-refractivity contribution in [2.75, 3.05) is 26.6 Å². The largest absolute Gasteiger partial charge is 0.493 e. The molecule has 0 bridgehead atoms. The van der Waals surface area contributed by atoms with Gasteiger partial charge in [-0.25, -0.2) is 0 Å². The second-order valence-corrected chi connectivity index (χ2v) is 8.39. The molecule has 156 valence electrons. The molecule has 0 unspecified atom stereocenters. The summed E-state index contributed by atoms with van der Waals surface area (Å²) < 4.78 is 16.7. The normalized spacial score (nSPS) is 16.6. The number of carbonyl (C=O) groups excluding carboxylic acids is 1. The molecule has 1 aliphatic heterocycles. The van der Waals surface area contributed by atoms with Crippen molar-refractivity contribution in [1.29, 1.82) is 0 Å². The number of rotatable bonds is 4. The third-order valence-corrected chi connectivity index (χ3v) is 6.95. The highest BCUT2D eigenvalue weighted by atomic mass is 32.2. The molecular weight excluding hydrogens is 410 g/mol. The Morgan fingerprint density at radius 1 is 0.839 bits per heavy atom. The number of benzene rings is 3. The lowest BCUT2D eigenvalue weighted by atomic mass is 10.00. The van der Waals surface area contributed by atoms with E-state index in [1.165, 1.54) is 0 Å². The molecule has 1 atom stereocenters. The molecule has 1 N–H and O–H groups in total. The topological polar surface area (TPSA) is 56.8 Å². The van der Waals surface area contributed by atoms with Crippen molar-refractivity contribution in [3.63, 3.8) is 0 Å². The molecule has 3 aromatic rings. The van der Waals surface area contributed by atoms with Gasteiger partial charge in [-0.05, 0) is 29.8 Å². The number of ether oxygens (including phenoxy) is 3. The van der Waals surface area contributed by atoms with E-state index in [0.29, 0.717) is 17.2 Å². The van der Waals surface area contributed by atoms with E-state index in [4.69, 9.17) is 14.2 Å². The van der Waals surface area contributed by atoms with Gasteiger partial charge >= 0.3 is 0 Å². The second-order valence-electron chi connectivity index (χ2n) is 7.24. The molecule has 0 saturated heterocycles. The fraction of sp³-hybridized carbons (Fsp3) is 0.160. The van der Waals surface area contributed by atoms with E-state index in [-0.39, 0.29) is 11.0 Å². The number of para-hydroxylation sites is 1. The molecule has 0 aromatic heterocycles. The minimum Gasteiger partial charge on any atom is -0.493 e. The molecule has 0 saturated carbocycles. The summed E-state index contributed by atoms with van der Waals surface area (Å²) in [5.74, 6) is 1.69. The SMILES string of the molecule is COc1cc([C@H]2Sc3ccccc3NC3=C2C(=O)c2ccccc23)cc(OC)c1OC. The zero-order valence-corrected chi connectivity index (χ0v) is 18.2. The van der Waals surface area contributed by atoms with E-state index in [0.717, 1.165) is 38.5 Å². The van der Waals surface area contributed by atoms with Gasteiger partial charge in [0.05, 0.1) is 38.0 Å². The zero-order chi connectivity index (χ0) is 21.5. The van der Waals surface area contributed by atoms with E-state index >= 15 is 0 Å². The summed E-state index contributed by atoms with van der Waals surface area (Å²) in [5, 5.41) is 3.29. The average Bonchev–Trinajstić information content (AvgIpc) is 2.97. The summed E-state index contributed by atoms with van der Waals surface area (Å²) in [5.41, 5.74) is 5.13. The molecule has 0 fully saturated rings. The summed E-state index contributed by atoms with van der Waals surface area (Å²) in [6.45, 7) is 0. The van der Waals surface area contributed by atoms with Gasteiger partial charge in [0.15, 0.2) is 17.3 Å². The van der Waals surface area contributed by atoms with Crippen LogP contribution in [0.4, 0.5) is 5.69 Å². The van der Waals surface area contributed by atoms with E-state index in [1.807, 2.05) is 54.6 Å². The number of nitrogens with one attached hydrogen (secondary N) is 1. The first kappa shape index (κ1) is 19.6. The molecule has 2 aliphatic rings. The van der Waals surface area contributed by atoms with Gasteiger partial charge in [-0.1, -0.05) is 36.4 Å². The minimum atomic E-state index is -0.250. The molecule has 0 amide bonds. The Balaban J connectivity index is 1.75. The number of methoxy groups -OCH3 is 3. The fourth-order valence-corrected chi connectivity index (χ4v) is 5.44. The smallest absolute Gasteiger partial charge is 0.203 e. The van der Waals surface area contributed by atoms with Crippen molar-refractivity contribution in [2.45, 2.75) is 10.1 Å². The average molecular weight is 432 g/mol. The zero-order valence-electron chi connectivity index (χ0n) is 17.4. The first-order chi connectivity index (χ1) is 15.2. The molecule has 1 aliphatic carbocycles. The number of carbonyl (C=O) groups is 1. The number of anilines is 1. The molecular formula is C25H21NO4S. The van der Waals surface area contributed by atoms with Crippen LogP contribution in [-0.4, -0.2) is 27.1 Å². The Morgan fingerprint density at radius 3 is 2.16 bits per heavy atom. The first-order valence-corrected chi connectivity index (χ1v) is 10.7. The van der Waals surface area contributed by atoms with Crippen LogP contribution in [0, 0.1) is 0 Å². The number of thioether (sulfide) groups is 1. The van der Waals surface area contributed by atoms with Crippen LogP contribution in [0.3, 0.4) is 0 Å². The number of fused-ring (bicyclic) bond motifs is 3. The summed E-state index contributed by atoms with van der Waals surface area (Å²) in [6, 6.07) is 19.7. The van der Waals surface area contributed by atoms with E-state index < -0.39 is 0 Å². The molecule has 31 heavy (non-hydrogen) atoms. The maximum absolute atomic E-state index is 13.6. The highest BCUT2D eigenvalue weighted by Gasteiger charge is 2.38. The standard InChI is InChI=1S/C25H21NO4S/c1-28-18-12-14(13-19(29-2)24(18)30-3)25-21-22(15-8-4-5-9-16(15)23(21)27)26-17-10-6-7-11-20(17)31-25/h4-13,25-26H,1-3H3/t25-/m1/s1. The lowest BCUT2D eigenvalue weighted by Crippen LogP contribution is -2.08. The third kappa shape index (κ3) is 3.06. The van der Waals surface area contributed by atoms with Crippen molar-refractivity contribution < 1.29 is 19.0 Å². The lowest BCUT2D eigenvalue weighted by molar-refractivity contribution is 0.103. The van der Waals surface area contributed by atoms with Gasteiger partial charge in [0.25, 0.3) is 0 Å². The minimum absolute atomic E-state index is 0.0390. The van der Waals surface area contributed by atoms with Crippen LogP contribution in [-0.2, 0) is 0 Å². The summed E-state index contributed by atoms with van der Waals surface area (Å²) >= 11 is 1.64. The first-order valence-electron chi connectivity index (χ1n) is 9.87. The van der Waals surface area contributed by atoms with Gasteiger partial charge in [-0.2, -0.15) is 0 Å². The predicted molar refractivity (Wildman–Crippen MR) is 122 cm³/mol. The summed E-state index contributed by atoms with van der Waals surface area (Å²) in [7, 11) is 4.78. The number of hydrogen-bond donors (Lipinski definition) is 1. The predicted octanol–water partition coefficient (Wildman–Crippen LogP) is 5.58. The maximum Gasteiger partial charge on any atom is 0.203 e. The highest BCUT2D eigenvalue weighted by molar-refractivity contribution is 8.00. The van der Waals surface area contributed by atoms with Gasteiger partial charge in [0.2, 0.25) is 5.75 Å². The molecule has 1 heterocycles. The molecule has 5 nitrogen and oxygen atoms in total. The third-order valence-electron chi connectivity index (χ3n) is 5.60. The number of ketones is 1. The van der Waals surface area contributed by atoms with Gasteiger partial charge in [0, 0.05) is 21.6 Å². The van der Waals surface area contributed by atoms with Crippen LogP contribution < -0.4 is 19.5 Å².